The van der Waals surface area contributed by atoms with Crippen LogP contribution in [0.5, 0.6) is 11.5 Å². The van der Waals surface area contributed by atoms with Gasteiger partial charge in [0.25, 0.3) is 5.91 Å². The molecule has 0 aliphatic rings. The van der Waals surface area contributed by atoms with Gasteiger partial charge in [0.1, 0.15) is 12.7 Å². The lowest BCUT2D eigenvalue weighted by molar-refractivity contribution is -0.127. The Morgan fingerprint density at radius 1 is 0.909 bits per heavy atom. The summed E-state index contributed by atoms with van der Waals surface area (Å²) in [5.74, 6) is 0.850. The SMILES string of the molecule is COc1ccc(NC(=O)C(C)OCc2ccccc2)cc1OCc1ccc2ccccc2n1. The predicted octanol–water partition coefficient (Wildman–Crippen LogP) is 5.37. The number of nitrogens with zero attached hydrogens (tertiary/aromatic N) is 1. The van der Waals surface area contributed by atoms with Crippen LogP contribution in [0, 0.1) is 0 Å². The number of ether oxygens (including phenoxy) is 3. The Balaban J connectivity index is 1.39. The quantitative estimate of drug-likeness (QED) is 0.378. The van der Waals surface area contributed by atoms with E-state index in [1.54, 1.807) is 32.2 Å². The zero-order valence-electron chi connectivity index (χ0n) is 18.7. The minimum absolute atomic E-state index is 0.238. The number of benzene rings is 3. The molecule has 1 N–H and O–H groups in total. The summed E-state index contributed by atoms with van der Waals surface area (Å²) in [5, 5.41) is 3.95. The Morgan fingerprint density at radius 2 is 1.70 bits per heavy atom. The lowest BCUT2D eigenvalue weighted by atomic mass is 10.2. The predicted molar refractivity (Wildman–Crippen MR) is 128 cm³/mol. The number of para-hydroxylation sites is 1. The Bertz CT molecular complexity index is 1230. The minimum atomic E-state index is -0.613. The van der Waals surface area contributed by atoms with E-state index >= 15 is 0 Å². The molecule has 6 heteroatoms. The fraction of sp³-hybridized carbons (Fsp3) is 0.185. The van der Waals surface area contributed by atoms with Crippen molar-refractivity contribution in [2.45, 2.75) is 26.2 Å². The van der Waals surface area contributed by atoms with Gasteiger partial charge in [0, 0.05) is 17.1 Å². The highest BCUT2D eigenvalue weighted by Gasteiger charge is 2.15. The number of fused-ring (bicyclic) bond motifs is 1. The topological polar surface area (TPSA) is 69.7 Å². The van der Waals surface area contributed by atoms with E-state index in [0.29, 0.717) is 23.8 Å². The van der Waals surface area contributed by atoms with Crippen LogP contribution in [0.3, 0.4) is 0 Å². The third-order valence-electron chi connectivity index (χ3n) is 5.17. The number of rotatable bonds is 9. The molecule has 0 fully saturated rings. The summed E-state index contributed by atoms with van der Waals surface area (Å²) in [6.07, 6.45) is -0.613. The molecule has 3 aromatic carbocycles. The minimum Gasteiger partial charge on any atom is -0.493 e. The first kappa shape index (κ1) is 22.3. The Hall–Kier alpha value is -3.90. The number of nitrogens with one attached hydrogen (secondary N) is 1. The van der Waals surface area contributed by atoms with E-state index in [-0.39, 0.29) is 12.5 Å². The summed E-state index contributed by atoms with van der Waals surface area (Å²) >= 11 is 0. The second kappa shape index (κ2) is 10.6. The molecule has 4 rings (SSSR count). The van der Waals surface area contributed by atoms with Gasteiger partial charge in [-0.2, -0.15) is 0 Å². The molecular formula is C27H26N2O4. The Morgan fingerprint density at radius 3 is 2.52 bits per heavy atom. The van der Waals surface area contributed by atoms with Crippen molar-refractivity contribution in [2.75, 3.05) is 12.4 Å². The lowest BCUT2D eigenvalue weighted by Gasteiger charge is -2.16. The molecule has 0 saturated carbocycles. The smallest absolute Gasteiger partial charge is 0.253 e. The van der Waals surface area contributed by atoms with Crippen LogP contribution in [0.4, 0.5) is 5.69 Å². The van der Waals surface area contributed by atoms with Crippen LogP contribution in [0.2, 0.25) is 0 Å². The van der Waals surface area contributed by atoms with Crippen LogP contribution in [0.25, 0.3) is 10.9 Å². The highest BCUT2D eigenvalue weighted by Crippen LogP contribution is 2.31. The van der Waals surface area contributed by atoms with Crippen LogP contribution >= 0.6 is 0 Å². The molecule has 6 nitrogen and oxygen atoms in total. The van der Waals surface area contributed by atoms with Crippen LogP contribution in [0.15, 0.2) is 84.9 Å². The van der Waals surface area contributed by atoms with E-state index in [9.17, 15) is 4.79 Å². The molecular weight excluding hydrogens is 416 g/mol. The Kier molecular flexibility index (Phi) is 7.17. The molecule has 0 aliphatic heterocycles. The van der Waals surface area contributed by atoms with Gasteiger partial charge in [0.2, 0.25) is 0 Å². The first-order chi connectivity index (χ1) is 16.1. The molecule has 1 amide bonds. The van der Waals surface area contributed by atoms with Gasteiger partial charge in [-0.3, -0.25) is 4.79 Å². The van der Waals surface area contributed by atoms with E-state index in [2.05, 4.69) is 10.3 Å². The normalized spacial score (nSPS) is 11.7. The van der Waals surface area contributed by atoms with Gasteiger partial charge in [-0.15, -0.1) is 0 Å². The van der Waals surface area contributed by atoms with Crippen LogP contribution in [-0.4, -0.2) is 24.1 Å². The first-order valence-electron chi connectivity index (χ1n) is 10.7. The number of methoxy groups -OCH3 is 1. The van der Waals surface area contributed by atoms with Crippen molar-refractivity contribution in [2.24, 2.45) is 0 Å². The maximum Gasteiger partial charge on any atom is 0.253 e. The molecule has 0 saturated heterocycles. The maximum atomic E-state index is 12.6. The van der Waals surface area contributed by atoms with E-state index in [0.717, 1.165) is 22.2 Å². The summed E-state index contributed by atoms with van der Waals surface area (Å²) in [5.41, 5.74) is 3.32. The molecule has 1 heterocycles. The van der Waals surface area contributed by atoms with Crippen molar-refractivity contribution in [3.05, 3.63) is 96.2 Å². The van der Waals surface area contributed by atoms with Gasteiger partial charge in [-0.1, -0.05) is 54.6 Å². The summed E-state index contributed by atoms with van der Waals surface area (Å²) in [6, 6.07) is 26.9. The third-order valence-corrected chi connectivity index (χ3v) is 5.17. The number of aromatic nitrogens is 1. The maximum absolute atomic E-state index is 12.6. The number of carbonyl (C=O) groups is 1. The number of carbonyl (C=O) groups excluding carboxylic acids is 1. The first-order valence-corrected chi connectivity index (χ1v) is 10.7. The highest BCUT2D eigenvalue weighted by molar-refractivity contribution is 5.94. The van der Waals surface area contributed by atoms with Gasteiger partial charge in [0.15, 0.2) is 11.5 Å². The molecule has 0 bridgehead atoms. The fourth-order valence-electron chi connectivity index (χ4n) is 3.32. The zero-order valence-corrected chi connectivity index (χ0v) is 18.7. The number of anilines is 1. The summed E-state index contributed by atoms with van der Waals surface area (Å²) in [7, 11) is 1.58. The Labute approximate surface area is 193 Å². The van der Waals surface area contributed by atoms with Crippen molar-refractivity contribution >= 4 is 22.5 Å². The molecule has 1 atom stereocenters. The summed E-state index contributed by atoms with van der Waals surface area (Å²) in [4.78, 5) is 17.2. The average Bonchev–Trinajstić information content (AvgIpc) is 2.86. The molecule has 33 heavy (non-hydrogen) atoms. The van der Waals surface area contributed by atoms with E-state index in [1.807, 2.05) is 66.7 Å². The van der Waals surface area contributed by atoms with Gasteiger partial charge in [-0.05, 0) is 36.8 Å². The molecule has 0 radical (unpaired) electrons. The van der Waals surface area contributed by atoms with Crippen molar-refractivity contribution in [3.63, 3.8) is 0 Å². The summed E-state index contributed by atoms with van der Waals surface area (Å²) < 4.78 is 17.1. The number of hydrogen-bond acceptors (Lipinski definition) is 5. The lowest BCUT2D eigenvalue weighted by Crippen LogP contribution is -2.27. The van der Waals surface area contributed by atoms with Crippen LogP contribution in [0.1, 0.15) is 18.2 Å². The average molecular weight is 443 g/mol. The number of amides is 1. The number of pyridine rings is 1. The van der Waals surface area contributed by atoms with Crippen molar-refractivity contribution in [1.82, 2.24) is 4.98 Å². The molecule has 0 spiro atoms. The van der Waals surface area contributed by atoms with E-state index < -0.39 is 6.10 Å². The monoisotopic (exact) mass is 442 g/mol. The number of hydrogen-bond donors (Lipinski definition) is 1. The highest BCUT2D eigenvalue weighted by atomic mass is 16.5. The van der Waals surface area contributed by atoms with Gasteiger partial charge in [0.05, 0.1) is 24.9 Å². The standard InChI is InChI=1S/C27H26N2O4/c1-19(32-17-20-8-4-3-5-9-20)27(30)29-22-14-15-25(31-2)26(16-22)33-18-23-13-12-21-10-6-7-11-24(21)28-23/h3-16,19H,17-18H2,1-2H3,(H,29,30). The third kappa shape index (κ3) is 5.87. The zero-order chi connectivity index (χ0) is 23.0. The fourth-order valence-corrected chi connectivity index (χ4v) is 3.32. The van der Waals surface area contributed by atoms with Gasteiger partial charge >= 0.3 is 0 Å². The summed E-state index contributed by atoms with van der Waals surface area (Å²) in [6.45, 7) is 2.37. The van der Waals surface area contributed by atoms with E-state index in [1.165, 1.54) is 0 Å². The molecule has 4 aromatic rings. The van der Waals surface area contributed by atoms with Crippen LogP contribution < -0.4 is 14.8 Å². The molecule has 1 aromatic heterocycles. The van der Waals surface area contributed by atoms with Crippen molar-refractivity contribution in [1.29, 1.82) is 0 Å². The largest absolute Gasteiger partial charge is 0.493 e. The van der Waals surface area contributed by atoms with Gasteiger partial charge < -0.3 is 19.5 Å². The molecule has 0 aliphatic carbocycles. The molecule has 1 unspecified atom stereocenters. The van der Waals surface area contributed by atoms with E-state index in [4.69, 9.17) is 14.2 Å². The van der Waals surface area contributed by atoms with Crippen molar-refractivity contribution in [3.8, 4) is 11.5 Å². The molecule has 168 valence electrons. The van der Waals surface area contributed by atoms with Crippen molar-refractivity contribution < 1.29 is 19.0 Å². The second-order valence-electron chi connectivity index (χ2n) is 7.58. The van der Waals surface area contributed by atoms with Crippen LogP contribution in [-0.2, 0) is 22.7 Å². The second-order valence-corrected chi connectivity index (χ2v) is 7.58. The van der Waals surface area contributed by atoms with Gasteiger partial charge in [-0.25, -0.2) is 4.98 Å².